The Kier molecular flexibility index (Phi) is 2.73. The molecule has 0 aromatic carbocycles. The maximum atomic E-state index is 12.7. The van der Waals surface area contributed by atoms with Crippen molar-refractivity contribution in [2.24, 2.45) is 0 Å². The summed E-state index contributed by atoms with van der Waals surface area (Å²) in [5.41, 5.74) is 1.48. The third-order valence-corrected chi connectivity index (χ3v) is 1.97. The van der Waals surface area contributed by atoms with Gasteiger partial charge in [-0.3, -0.25) is 0 Å². The lowest BCUT2D eigenvalue weighted by Gasteiger charge is -1.99. The van der Waals surface area contributed by atoms with E-state index in [1.165, 1.54) is 6.07 Å². The number of nitrogens with zero attached hydrogens (tertiary/aromatic N) is 2. The van der Waals surface area contributed by atoms with E-state index in [4.69, 9.17) is 4.52 Å². The molecule has 2 aromatic heterocycles. The van der Waals surface area contributed by atoms with Crippen molar-refractivity contribution in [2.45, 2.75) is 6.54 Å². The zero-order valence-corrected chi connectivity index (χ0v) is 8.20. The molecule has 0 saturated heterocycles. The highest BCUT2D eigenvalue weighted by Gasteiger charge is 2.10. The largest absolute Gasteiger partial charge is 0.354 e. The summed E-state index contributed by atoms with van der Waals surface area (Å²) in [4.78, 5) is 3.93. The molecule has 2 rings (SSSR count). The van der Waals surface area contributed by atoms with Gasteiger partial charge in [0.15, 0.2) is 5.76 Å². The normalized spacial score (nSPS) is 10.5. The fourth-order valence-corrected chi connectivity index (χ4v) is 1.30. The molecule has 0 unspecified atom stereocenters. The molecule has 0 spiro atoms. The number of hydrogen-bond acceptors (Lipinski definition) is 4. The second-order valence-corrected chi connectivity index (χ2v) is 3.07. The minimum absolute atomic E-state index is 0.367. The Morgan fingerprint density at radius 1 is 1.40 bits per heavy atom. The van der Waals surface area contributed by atoms with E-state index in [2.05, 4.69) is 15.5 Å². The average molecular weight is 207 g/mol. The van der Waals surface area contributed by atoms with Gasteiger partial charge >= 0.3 is 0 Å². The van der Waals surface area contributed by atoms with E-state index in [1.54, 1.807) is 12.3 Å². The van der Waals surface area contributed by atoms with E-state index in [0.29, 0.717) is 18.0 Å². The molecule has 78 valence electrons. The minimum Gasteiger partial charge on any atom is -0.354 e. The summed E-state index contributed by atoms with van der Waals surface area (Å²) >= 11 is 0. The second-order valence-electron chi connectivity index (χ2n) is 3.07. The number of hydrogen-bond donors (Lipinski definition) is 1. The Morgan fingerprint density at radius 2 is 2.27 bits per heavy atom. The molecular weight excluding hydrogens is 197 g/mol. The lowest BCUT2D eigenvalue weighted by atomic mass is 10.2. The average Bonchev–Trinajstić information content (AvgIpc) is 2.68. The molecule has 5 heteroatoms. The van der Waals surface area contributed by atoms with Crippen LogP contribution in [0.5, 0.6) is 0 Å². The van der Waals surface area contributed by atoms with Crippen molar-refractivity contribution in [1.82, 2.24) is 15.5 Å². The zero-order chi connectivity index (χ0) is 10.7. The van der Waals surface area contributed by atoms with Crippen LogP contribution < -0.4 is 5.32 Å². The first-order valence-electron chi connectivity index (χ1n) is 4.51. The molecule has 0 bridgehead atoms. The zero-order valence-electron chi connectivity index (χ0n) is 8.20. The predicted molar refractivity (Wildman–Crippen MR) is 52.5 cm³/mol. The highest BCUT2D eigenvalue weighted by molar-refractivity contribution is 5.55. The van der Waals surface area contributed by atoms with Crippen LogP contribution in [0.1, 0.15) is 5.56 Å². The van der Waals surface area contributed by atoms with Crippen molar-refractivity contribution in [3.63, 3.8) is 0 Å². The van der Waals surface area contributed by atoms with E-state index < -0.39 is 0 Å². The van der Waals surface area contributed by atoms with Crippen molar-refractivity contribution in [3.05, 3.63) is 35.9 Å². The van der Waals surface area contributed by atoms with Gasteiger partial charge < -0.3 is 9.84 Å². The van der Waals surface area contributed by atoms with Crippen molar-refractivity contribution in [3.8, 4) is 11.5 Å². The van der Waals surface area contributed by atoms with Crippen molar-refractivity contribution in [1.29, 1.82) is 0 Å². The Hall–Kier alpha value is -1.75. The summed E-state index contributed by atoms with van der Waals surface area (Å²) in [5.74, 6) is 0.206. The van der Waals surface area contributed by atoms with E-state index in [1.807, 2.05) is 7.05 Å². The van der Waals surface area contributed by atoms with Crippen LogP contribution >= 0.6 is 0 Å². The molecule has 2 aromatic rings. The Labute approximate surface area is 86.1 Å². The molecule has 0 radical (unpaired) electrons. The molecule has 15 heavy (non-hydrogen) atoms. The molecule has 2 heterocycles. The van der Waals surface area contributed by atoms with Gasteiger partial charge in [-0.05, 0) is 19.2 Å². The summed E-state index contributed by atoms with van der Waals surface area (Å²) in [6.45, 7) is 0.637. The fourth-order valence-electron chi connectivity index (χ4n) is 1.30. The Balaban J connectivity index is 2.36. The summed E-state index contributed by atoms with van der Waals surface area (Å²) in [6.07, 6.45) is 2.78. The molecule has 0 aliphatic heterocycles. The Bertz CT molecular complexity index is 438. The summed E-state index contributed by atoms with van der Waals surface area (Å²) in [6, 6.07) is 2.91. The van der Waals surface area contributed by atoms with Crippen LogP contribution in [-0.2, 0) is 6.54 Å². The molecule has 0 aliphatic carbocycles. The van der Waals surface area contributed by atoms with Crippen molar-refractivity contribution in [2.75, 3.05) is 7.05 Å². The van der Waals surface area contributed by atoms with Crippen LogP contribution in [0.25, 0.3) is 11.5 Å². The summed E-state index contributed by atoms with van der Waals surface area (Å²) < 4.78 is 17.7. The van der Waals surface area contributed by atoms with Crippen molar-refractivity contribution >= 4 is 0 Å². The monoisotopic (exact) mass is 207 g/mol. The van der Waals surface area contributed by atoms with E-state index in [0.717, 1.165) is 11.8 Å². The van der Waals surface area contributed by atoms with Gasteiger partial charge in [0.2, 0.25) is 0 Å². The van der Waals surface area contributed by atoms with Gasteiger partial charge in [0.05, 0.1) is 12.4 Å². The molecule has 0 aliphatic rings. The fraction of sp³-hybridized carbons (Fsp3) is 0.200. The van der Waals surface area contributed by atoms with Crippen LogP contribution in [0.2, 0.25) is 0 Å². The molecule has 1 N–H and O–H groups in total. The molecule has 0 amide bonds. The summed E-state index contributed by atoms with van der Waals surface area (Å²) in [7, 11) is 1.83. The maximum Gasteiger partial charge on any atom is 0.189 e. The summed E-state index contributed by atoms with van der Waals surface area (Å²) in [5, 5.41) is 6.68. The molecular formula is C10H10FN3O. The third-order valence-electron chi connectivity index (χ3n) is 1.97. The van der Waals surface area contributed by atoms with Crippen LogP contribution in [0, 0.1) is 5.82 Å². The van der Waals surface area contributed by atoms with Crippen LogP contribution in [-0.4, -0.2) is 17.2 Å². The number of rotatable bonds is 3. The highest BCUT2D eigenvalue weighted by atomic mass is 19.1. The second kappa shape index (κ2) is 4.18. The number of pyridine rings is 1. The number of nitrogens with one attached hydrogen (secondary N) is 1. The van der Waals surface area contributed by atoms with Crippen LogP contribution in [0.4, 0.5) is 4.39 Å². The van der Waals surface area contributed by atoms with E-state index in [-0.39, 0.29) is 5.82 Å². The quantitative estimate of drug-likeness (QED) is 0.830. The maximum absolute atomic E-state index is 12.7. The smallest absolute Gasteiger partial charge is 0.189 e. The molecule has 0 fully saturated rings. The number of aromatic nitrogens is 2. The van der Waals surface area contributed by atoms with Gasteiger partial charge in [0, 0.05) is 12.1 Å². The topological polar surface area (TPSA) is 51.0 Å². The standard InChI is InChI=1S/C10H10FN3O/c1-12-4-7-5-14-15-10(7)9-3-2-8(11)6-13-9/h2-3,5-6,12H,4H2,1H3. The molecule has 0 atom stereocenters. The Morgan fingerprint density at radius 3 is 2.93 bits per heavy atom. The lowest BCUT2D eigenvalue weighted by molar-refractivity contribution is 0.430. The van der Waals surface area contributed by atoms with Crippen LogP contribution in [0.3, 0.4) is 0 Å². The highest BCUT2D eigenvalue weighted by Crippen LogP contribution is 2.21. The van der Waals surface area contributed by atoms with E-state index >= 15 is 0 Å². The predicted octanol–water partition coefficient (Wildman–Crippen LogP) is 1.60. The van der Waals surface area contributed by atoms with Gasteiger partial charge in [0.1, 0.15) is 11.5 Å². The molecule has 4 nitrogen and oxygen atoms in total. The molecule has 0 saturated carbocycles. The third kappa shape index (κ3) is 2.02. The SMILES string of the molecule is CNCc1cnoc1-c1ccc(F)cn1. The minimum atomic E-state index is -0.367. The van der Waals surface area contributed by atoms with E-state index in [9.17, 15) is 4.39 Å². The van der Waals surface area contributed by atoms with Crippen molar-refractivity contribution < 1.29 is 8.91 Å². The van der Waals surface area contributed by atoms with Gasteiger partial charge in [-0.15, -0.1) is 0 Å². The van der Waals surface area contributed by atoms with Crippen LogP contribution in [0.15, 0.2) is 29.0 Å². The van der Waals surface area contributed by atoms with Gasteiger partial charge in [-0.25, -0.2) is 9.37 Å². The number of halogens is 1. The van der Waals surface area contributed by atoms with Gasteiger partial charge in [-0.1, -0.05) is 5.16 Å². The first-order chi connectivity index (χ1) is 7.31. The lowest BCUT2D eigenvalue weighted by Crippen LogP contribution is -2.05. The first kappa shape index (κ1) is 9.79. The van der Waals surface area contributed by atoms with Gasteiger partial charge in [0.25, 0.3) is 0 Å². The first-order valence-corrected chi connectivity index (χ1v) is 4.51. The van der Waals surface area contributed by atoms with Gasteiger partial charge in [-0.2, -0.15) is 0 Å².